The molecule has 0 fully saturated rings. The maximum atomic E-state index is 14.0. The second-order valence-electron chi connectivity index (χ2n) is 6.84. The van der Waals surface area contributed by atoms with E-state index in [0.717, 1.165) is 28.1 Å². The molecule has 0 aliphatic carbocycles. The summed E-state index contributed by atoms with van der Waals surface area (Å²) in [4.78, 5) is 26.0. The number of esters is 1. The molecule has 0 saturated heterocycles. The zero-order chi connectivity index (χ0) is 21.2. The largest absolute Gasteiger partial charge is 0.452 e. The Morgan fingerprint density at radius 3 is 2.52 bits per heavy atom. The zero-order valence-electron chi connectivity index (χ0n) is 16.1. The van der Waals surface area contributed by atoms with Gasteiger partial charge in [0.25, 0.3) is 5.91 Å². The molecule has 0 bridgehead atoms. The topological polar surface area (TPSA) is 84.0 Å². The molecule has 0 unspecified atom stereocenters. The standard InChI is InChI=1S/C20H21FN2O5S/c1-22(2)29(26,27)16-7-8-18(21)17(11-16)20(25)28-13-19(24)23-10-9-14-5-3-4-6-15(14)12-23/h3-8,11H,9-10,12-13H2,1-2H3. The molecule has 3 rings (SSSR count). The van der Waals surface area contributed by atoms with Crippen LogP contribution in [0.5, 0.6) is 0 Å². The highest BCUT2D eigenvalue weighted by molar-refractivity contribution is 7.89. The first-order valence-corrected chi connectivity index (χ1v) is 10.4. The van der Waals surface area contributed by atoms with Gasteiger partial charge in [0.2, 0.25) is 10.0 Å². The summed E-state index contributed by atoms with van der Waals surface area (Å²) in [6, 6.07) is 10.6. The number of fused-ring (bicyclic) bond motifs is 1. The second kappa shape index (κ2) is 8.30. The summed E-state index contributed by atoms with van der Waals surface area (Å²) >= 11 is 0. The molecule has 2 aromatic rings. The molecular formula is C20H21FN2O5S. The van der Waals surface area contributed by atoms with Gasteiger partial charge >= 0.3 is 5.97 Å². The quantitative estimate of drug-likeness (QED) is 0.689. The van der Waals surface area contributed by atoms with E-state index in [1.54, 1.807) is 4.90 Å². The first-order chi connectivity index (χ1) is 13.7. The number of ether oxygens (including phenoxy) is 1. The molecule has 1 heterocycles. The van der Waals surface area contributed by atoms with Crippen LogP contribution in [-0.4, -0.2) is 56.7 Å². The average molecular weight is 420 g/mol. The lowest BCUT2D eigenvalue weighted by Gasteiger charge is -2.28. The minimum absolute atomic E-state index is 0.241. The Hall–Kier alpha value is -2.78. The van der Waals surface area contributed by atoms with Crippen molar-refractivity contribution in [3.63, 3.8) is 0 Å². The third-order valence-electron chi connectivity index (χ3n) is 4.75. The molecule has 0 spiro atoms. The molecule has 0 saturated carbocycles. The van der Waals surface area contributed by atoms with Crippen LogP contribution < -0.4 is 0 Å². The number of hydrogen-bond donors (Lipinski definition) is 0. The first-order valence-electron chi connectivity index (χ1n) is 8.94. The van der Waals surface area contributed by atoms with Crippen LogP contribution in [0.4, 0.5) is 4.39 Å². The summed E-state index contributed by atoms with van der Waals surface area (Å²) in [5, 5.41) is 0. The predicted molar refractivity (Wildman–Crippen MR) is 103 cm³/mol. The highest BCUT2D eigenvalue weighted by Crippen LogP contribution is 2.20. The van der Waals surface area contributed by atoms with Gasteiger partial charge in [-0.25, -0.2) is 21.9 Å². The molecule has 0 aromatic heterocycles. The SMILES string of the molecule is CN(C)S(=O)(=O)c1ccc(F)c(C(=O)OCC(=O)N2CCc3ccccc3C2)c1. The van der Waals surface area contributed by atoms with E-state index in [2.05, 4.69) is 0 Å². The van der Waals surface area contributed by atoms with Gasteiger partial charge in [0.15, 0.2) is 6.61 Å². The van der Waals surface area contributed by atoms with Crippen molar-refractivity contribution in [3.05, 3.63) is 65.0 Å². The third kappa shape index (κ3) is 4.46. The molecule has 1 aliphatic heterocycles. The number of nitrogens with zero attached hydrogens (tertiary/aromatic N) is 2. The molecule has 9 heteroatoms. The van der Waals surface area contributed by atoms with Crippen molar-refractivity contribution in [3.8, 4) is 0 Å². The Bertz CT molecular complexity index is 1050. The van der Waals surface area contributed by atoms with Crippen molar-refractivity contribution >= 4 is 21.9 Å². The molecule has 0 atom stereocenters. The van der Waals surface area contributed by atoms with Crippen molar-refractivity contribution in [2.24, 2.45) is 0 Å². The van der Waals surface area contributed by atoms with Gasteiger partial charge in [-0.1, -0.05) is 24.3 Å². The lowest BCUT2D eigenvalue weighted by atomic mass is 10.00. The van der Waals surface area contributed by atoms with Gasteiger partial charge in [0.1, 0.15) is 5.82 Å². The van der Waals surface area contributed by atoms with Gasteiger partial charge in [0.05, 0.1) is 10.5 Å². The average Bonchev–Trinajstić information content (AvgIpc) is 2.71. The maximum Gasteiger partial charge on any atom is 0.341 e. The highest BCUT2D eigenvalue weighted by atomic mass is 32.2. The van der Waals surface area contributed by atoms with Crippen LogP contribution in [0, 0.1) is 5.82 Å². The van der Waals surface area contributed by atoms with Crippen LogP contribution in [0.15, 0.2) is 47.4 Å². The molecule has 1 aliphatic rings. The Labute approximate surface area is 168 Å². The van der Waals surface area contributed by atoms with E-state index < -0.39 is 39.9 Å². The summed E-state index contributed by atoms with van der Waals surface area (Å²) < 4.78 is 44.3. The Morgan fingerprint density at radius 1 is 1.14 bits per heavy atom. The molecule has 7 nitrogen and oxygen atoms in total. The van der Waals surface area contributed by atoms with Gasteiger partial charge in [0, 0.05) is 27.2 Å². The smallest absolute Gasteiger partial charge is 0.341 e. The van der Waals surface area contributed by atoms with Gasteiger partial charge in [-0.15, -0.1) is 0 Å². The summed E-state index contributed by atoms with van der Waals surface area (Å²) in [6.07, 6.45) is 0.703. The Morgan fingerprint density at radius 2 is 1.83 bits per heavy atom. The number of carbonyl (C=O) groups is 2. The highest BCUT2D eigenvalue weighted by Gasteiger charge is 2.24. The zero-order valence-corrected chi connectivity index (χ0v) is 16.9. The molecular weight excluding hydrogens is 399 g/mol. The second-order valence-corrected chi connectivity index (χ2v) is 8.99. The van der Waals surface area contributed by atoms with E-state index in [0.29, 0.717) is 19.5 Å². The molecule has 0 radical (unpaired) electrons. The lowest BCUT2D eigenvalue weighted by Crippen LogP contribution is -2.38. The summed E-state index contributed by atoms with van der Waals surface area (Å²) in [6.45, 7) is 0.362. The van der Waals surface area contributed by atoms with E-state index in [-0.39, 0.29) is 4.90 Å². The fourth-order valence-electron chi connectivity index (χ4n) is 3.04. The van der Waals surface area contributed by atoms with Crippen LogP contribution in [0.25, 0.3) is 0 Å². The van der Waals surface area contributed by atoms with Crippen molar-refractivity contribution in [2.75, 3.05) is 27.2 Å². The van der Waals surface area contributed by atoms with Crippen LogP contribution in [-0.2, 0) is 32.5 Å². The molecule has 29 heavy (non-hydrogen) atoms. The molecule has 154 valence electrons. The number of hydrogen-bond acceptors (Lipinski definition) is 5. The number of rotatable bonds is 5. The Balaban J connectivity index is 1.67. The van der Waals surface area contributed by atoms with Crippen LogP contribution >= 0.6 is 0 Å². The van der Waals surface area contributed by atoms with Crippen molar-refractivity contribution in [2.45, 2.75) is 17.9 Å². The van der Waals surface area contributed by atoms with Crippen LogP contribution in [0.2, 0.25) is 0 Å². The minimum atomic E-state index is -3.84. The van der Waals surface area contributed by atoms with Crippen molar-refractivity contribution in [1.29, 1.82) is 0 Å². The van der Waals surface area contributed by atoms with Gasteiger partial charge < -0.3 is 9.64 Å². The van der Waals surface area contributed by atoms with E-state index in [4.69, 9.17) is 4.74 Å². The summed E-state index contributed by atoms with van der Waals surface area (Å²) in [7, 11) is -1.19. The van der Waals surface area contributed by atoms with Gasteiger partial charge in [-0.05, 0) is 35.7 Å². The lowest BCUT2D eigenvalue weighted by molar-refractivity contribution is -0.135. The predicted octanol–water partition coefficient (Wildman–Crippen LogP) is 1.82. The Kier molecular flexibility index (Phi) is 5.99. The van der Waals surface area contributed by atoms with Gasteiger partial charge in [-0.3, -0.25) is 4.79 Å². The van der Waals surface area contributed by atoms with Crippen molar-refractivity contribution in [1.82, 2.24) is 9.21 Å². The first kappa shape index (κ1) is 20.9. The minimum Gasteiger partial charge on any atom is -0.452 e. The van der Waals surface area contributed by atoms with Crippen molar-refractivity contribution < 1.29 is 27.1 Å². The maximum absolute atomic E-state index is 14.0. The summed E-state index contributed by atoms with van der Waals surface area (Å²) in [5.41, 5.74) is 1.67. The number of sulfonamides is 1. The van der Waals surface area contributed by atoms with Gasteiger partial charge in [-0.2, -0.15) is 0 Å². The van der Waals surface area contributed by atoms with E-state index >= 15 is 0 Å². The normalized spacial score (nSPS) is 13.9. The third-order valence-corrected chi connectivity index (χ3v) is 6.56. The summed E-state index contributed by atoms with van der Waals surface area (Å²) in [5.74, 6) is -2.42. The monoisotopic (exact) mass is 420 g/mol. The number of amides is 1. The molecule has 2 aromatic carbocycles. The van der Waals surface area contributed by atoms with E-state index in [1.807, 2.05) is 24.3 Å². The van der Waals surface area contributed by atoms with Crippen LogP contribution in [0.1, 0.15) is 21.5 Å². The van der Waals surface area contributed by atoms with Crippen LogP contribution in [0.3, 0.4) is 0 Å². The fraction of sp³-hybridized carbons (Fsp3) is 0.300. The number of halogens is 1. The molecule has 1 amide bonds. The van der Waals surface area contributed by atoms with E-state index in [9.17, 15) is 22.4 Å². The fourth-order valence-corrected chi connectivity index (χ4v) is 3.97. The number of carbonyl (C=O) groups excluding carboxylic acids is 2. The van der Waals surface area contributed by atoms with E-state index in [1.165, 1.54) is 19.7 Å². The number of benzene rings is 2. The molecule has 0 N–H and O–H groups in total.